The Labute approximate surface area is 119 Å². The van der Waals surface area contributed by atoms with E-state index in [1.54, 1.807) is 23.9 Å². The van der Waals surface area contributed by atoms with Gasteiger partial charge in [0.1, 0.15) is 4.90 Å². The summed E-state index contributed by atoms with van der Waals surface area (Å²) in [6.45, 7) is 2.99. The highest BCUT2D eigenvalue weighted by Gasteiger charge is 2.15. The maximum atomic E-state index is 11.7. The maximum Gasteiger partial charge on any atom is 0.242 e. The van der Waals surface area contributed by atoms with Crippen LogP contribution in [0.5, 0.6) is 0 Å². The van der Waals surface area contributed by atoms with E-state index < -0.39 is 10.0 Å². The lowest BCUT2D eigenvalue weighted by Gasteiger charge is -2.14. The lowest BCUT2D eigenvalue weighted by atomic mass is 10.2. The highest BCUT2D eigenvalue weighted by Crippen LogP contribution is 2.22. The molecule has 0 saturated heterocycles. The number of benzene rings is 1. The summed E-state index contributed by atoms with van der Waals surface area (Å²) in [5.41, 5.74) is 6.87. The predicted octanol–water partition coefficient (Wildman–Crippen LogP) is 1.59. The molecule has 0 spiro atoms. The number of nitrogens with one attached hydrogen (secondary N) is 2. The SMILES string of the molecule is CNS(=O)(=O)c1ccc(NCC(C)CSC)cc1N. The van der Waals surface area contributed by atoms with Crippen molar-refractivity contribution in [1.29, 1.82) is 0 Å². The van der Waals surface area contributed by atoms with Crippen LogP contribution in [0, 0.1) is 5.92 Å². The third kappa shape index (κ3) is 4.59. The molecule has 0 aliphatic rings. The number of anilines is 2. The molecule has 19 heavy (non-hydrogen) atoms. The molecule has 108 valence electrons. The Hall–Kier alpha value is -0.920. The number of thioether (sulfide) groups is 1. The van der Waals surface area contributed by atoms with Crippen molar-refractivity contribution in [3.8, 4) is 0 Å². The number of rotatable bonds is 7. The second-order valence-corrected chi connectivity index (χ2v) is 7.17. The summed E-state index contributed by atoms with van der Waals surface area (Å²) in [5, 5.41) is 3.26. The average Bonchev–Trinajstić information content (AvgIpc) is 2.36. The Morgan fingerprint density at radius 2 is 2.11 bits per heavy atom. The van der Waals surface area contributed by atoms with E-state index >= 15 is 0 Å². The minimum Gasteiger partial charge on any atom is -0.398 e. The van der Waals surface area contributed by atoms with E-state index in [0.717, 1.165) is 18.0 Å². The van der Waals surface area contributed by atoms with Gasteiger partial charge in [-0.25, -0.2) is 13.1 Å². The predicted molar refractivity (Wildman–Crippen MR) is 83.1 cm³/mol. The summed E-state index contributed by atoms with van der Waals surface area (Å²) in [6, 6.07) is 4.89. The van der Waals surface area contributed by atoms with Crippen LogP contribution in [0.4, 0.5) is 11.4 Å². The molecule has 0 fully saturated rings. The van der Waals surface area contributed by atoms with Crippen molar-refractivity contribution >= 4 is 33.2 Å². The van der Waals surface area contributed by atoms with Crippen LogP contribution in [-0.2, 0) is 10.0 Å². The molecule has 0 radical (unpaired) electrons. The van der Waals surface area contributed by atoms with Crippen molar-refractivity contribution in [2.45, 2.75) is 11.8 Å². The lowest BCUT2D eigenvalue weighted by Crippen LogP contribution is -2.20. The molecule has 1 aromatic carbocycles. The minimum absolute atomic E-state index is 0.109. The van der Waals surface area contributed by atoms with Gasteiger partial charge in [0.15, 0.2) is 0 Å². The molecule has 7 heteroatoms. The van der Waals surface area contributed by atoms with Crippen LogP contribution in [0.15, 0.2) is 23.1 Å². The second kappa shape index (κ2) is 7.02. The van der Waals surface area contributed by atoms with Crippen LogP contribution in [-0.4, -0.2) is 34.0 Å². The fraction of sp³-hybridized carbons (Fsp3) is 0.500. The van der Waals surface area contributed by atoms with Crippen molar-refractivity contribution in [1.82, 2.24) is 4.72 Å². The molecule has 1 unspecified atom stereocenters. The van der Waals surface area contributed by atoms with Gasteiger partial charge in [-0.15, -0.1) is 0 Å². The van der Waals surface area contributed by atoms with Crippen LogP contribution in [0.2, 0.25) is 0 Å². The molecule has 0 heterocycles. The van der Waals surface area contributed by atoms with E-state index in [1.807, 2.05) is 0 Å². The minimum atomic E-state index is -3.49. The zero-order chi connectivity index (χ0) is 14.5. The second-order valence-electron chi connectivity index (χ2n) is 4.40. The van der Waals surface area contributed by atoms with E-state index in [9.17, 15) is 8.42 Å². The third-order valence-corrected chi connectivity index (χ3v) is 5.06. The molecule has 0 aliphatic carbocycles. The Bertz CT molecular complexity index is 518. The van der Waals surface area contributed by atoms with Crippen molar-refractivity contribution in [2.24, 2.45) is 5.92 Å². The molecule has 5 nitrogen and oxygen atoms in total. The van der Waals surface area contributed by atoms with E-state index in [2.05, 4.69) is 23.2 Å². The Morgan fingerprint density at radius 1 is 1.42 bits per heavy atom. The van der Waals surface area contributed by atoms with Crippen molar-refractivity contribution < 1.29 is 8.42 Å². The molecule has 0 bridgehead atoms. The van der Waals surface area contributed by atoms with Crippen LogP contribution < -0.4 is 15.8 Å². The normalized spacial score (nSPS) is 13.2. The zero-order valence-corrected chi connectivity index (χ0v) is 13.1. The van der Waals surface area contributed by atoms with Gasteiger partial charge in [-0.3, -0.25) is 0 Å². The molecular formula is C12H21N3O2S2. The first-order valence-corrected chi connectivity index (χ1v) is 8.84. The van der Waals surface area contributed by atoms with Gasteiger partial charge >= 0.3 is 0 Å². The van der Waals surface area contributed by atoms with Crippen molar-refractivity contribution in [3.63, 3.8) is 0 Å². The quantitative estimate of drug-likeness (QED) is 0.666. The number of hydrogen-bond donors (Lipinski definition) is 3. The molecule has 0 saturated carbocycles. The summed E-state index contributed by atoms with van der Waals surface area (Å²) in [4.78, 5) is 0.109. The van der Waals surface area contributed by atoms with Gasteiger partial charge in [0, 0.05) is 12.2 Å². The number of nitrogens with two attached hydrogens (primary N) is 1. The Morgan fingerprint density at radius 3 is 2.63 bits per heavy atom. The average molecular weight is 303 g/mol. The van der Waals surface area contributed by atoms with Crippen molar-refractivity contribution in [3.05, 3.63) is 18.2 Å². The lowest BCUT2D eigenvalue weighted by molar-refractivity contribution is 0.588. The molecule has 0 aromatic heterocycles. The Balaban J connectivity index is 2.78. The van der Waals surface area contributed by atoms with Crippen LogP contribution >= 0.6 is 11.8 Å². The van der Waals surface area contributed by atoms with Crippen LogP contribution in [0.1, 0.15) is 6.92 Å². The highest BCUT2D eigenvalue weighted by atomic mass is 32.2. The largest absolute Gasteiger partial charge is 0.398 e. The van der Waals surface area contributed by atoms with Gasteiger partial charge in [-0.2, -0.15) is 11.8 Å². The fourth-order valence-corrected chi connectivity index (χ4v) is 3.17. The molecule has 4 N–H and O–H groups in total. The smallest absolute Gasteiger partial charge is 0.242 e. The molecule has 1 aromatic rings. The summed E-state index contributed by atoms with van der Waals surface area (Å²) in [6.07, 6.45) is 2.08. The molecular weight excluding hydrogens is 282 g/mol. The van der Waals surface area contributed by atoms with Gasteiger partial charge < -0.3 is 11.1 Å². The van der Waals surface area contributed by atoms with E-state index in [0.29, 0.717) is 5.92 Å². The first-order chi connectivity index (χ1) is 8.90. The van der Waals surface area contributed by atoms with Crippen LogP contribution in [0.3, 0.4) is 0 Å². The standard InChI is InChI=1S/C12H21N3O2S2/c1-9(8-18-3)7-15-10-4-5-12(11(13)6-10)19(16,17)14-2/h4-6,9,14-15H,7-8,13H2,1-3H3. The third-order valence-electron chi connectivity index (χ3n) is 2.67. The first-order valence-electron chi connectivity index (χ1n) is 5.96. The van der Waals surface area contributed by atoms with Gasteiger partial charge in [-0.1, -0.05) is 6.92 Å². The monoisotopic (exact) mass is 303 g/mol. The van der Waals surface area contributed by atoms with Gasteiger partial charge in [-0.05, 0) is 43.2 Å². The highest BCUT2D eigenvalue weighted by molar-refractivity contribution is 7.98. The maximum absolute atomic E-state index is 11.7. The van der Waals surface area contributed by atoms with Crippen molar-refractivity contribution in [2.75, 3.05) is 36.7 Å². The number of hydrogen-bond acceptors (Lipinski definition) is 5. The van der Waals surface area contributed by atoms with E-state index in [-0.39, 0.29) is 10.6 Å². The molecule has 1 rings (SSSR count). The fourth-order valence-electron chi connectivity index (χ4n) is 1.65. The van der Waals surface area contributed by atoms with Gasteiger partial charge in [0.2, 0.25) is 10.0 Å². The molecule has 0 aliphatic heterocycles. The summed E-state index contributed by atoms with van der Waals surface area (Å²) >= 11 is 1.80. The molecule has 0 amide bonds. The van der Waals surface area contributed by atoms with E-state index in [4.69, 9.17) is 5.73 Å². The number of sulfonamides is 1. The van der Waals surface area contributed by atoms with Gasteiger partial charge in [0.25, 0.3) is 0 Å². The topological polar surface area (TPSA) is 84.2 Å². The summed E-state index contributed by atoms with van der Waals surface area (Å²) in [5.74, 6) is 1.62. The summed E-state index contributed by atoms with van der Waals surface area (Å²) < 4.78 is 25.6. The summed E-state index contributed by atoms with van der Waals surface area (Å²) in [7, 11) is -2.13. The Kier molecular flexibility index (Phi) is 5.96. The number of nitrogen functional groups attached to an aromatic ring is 1. The first kappa shape index (κ1) is 16.1. The van der Waals surface area contributed by atoms with E-state index in [1.165, 1.54) is 13.1 Å². The van der Waals surface area contributed by atoms with Gasteiger partial charge in [0.05, 0.1) is 5.69 Å². The van der Waals surface area contributed by atoms with Crippen LogP contribution in [0.25, 0.3) is 0 Å². The zero-order valence-electron chi connectivity index (χ0n) is 11.4. The molecule has 1 atom stereocenters.